The van der Waals surface area contributed by atoms with Gasteiger partial charge in [0.25, 0.3) is 0 Å². The molecule has 1 aromatic heterocycles. The van der Waals surface area contributed by atoms with E-state index in [9.17, 15) is 5.11 Å². The molecule has 1 aromatic carbocycles. The predicted octanol–water partition coefficient (Wildman–Crippen LogP) is 2.87. The molecule has 1 aliphatic rings. The topological polar surface area (TPSA) is 74.7 Å². The van der Waals surface area contributed by atoms with Gasteiger partial charge in [-0.1, -0.05) is 23.9 Å². The molecule has 0 radical (unpaired) electrons. The van der Waals surface area contributed by atoms with E-state index in [1.807, 2.05) is 0 Å². The smallest absolute Gasteiger partial charge is 0.191 e. The number of nitrogens with zero attached hydrogens (tertiary/aromatic N) is 4. The van der Waals surface area contributed by atoms with E-state index in [2.05, 4.69) is 27.8 Å². The summed E-state index contributed by atoms with van der Waals surface area (Å²) in [5.41, 5.74) is 1.42. The van der Waals surface area contributed by atoms with E-state index in [1.165, 1.54) is 24.6 Å². The summed E-state index contributed by atoms with van der Waals surface area (Å²) in [5, 5.41) is 28.5. The van der Waals surface area contributed by atoms with E-state index < -0.39 is 6.10 Å². The quantitative estimate of drug-likeness (QED) is 0.830. The molecule has 0 saturated heterocycles. The van der Waals surface area contributed by atoms with E-state index in [1.54, 1.807) is 24.3 Å². The summed E-state index contributed by atoms with van der Waals surface area (Å²) in [6.45, 7) is 2.95. The minimum absolute atomic E-state index is 0.523. The summed E-state index contributed by atoms with van der Waals surface area (Å²) in [5.74, 6) is 2.18. The summed E-state index contributed by atoms with van der Waals surface area (Å²) in [4.78, 5) is 0. The molecule has 0 aliphatic heterocycles. The maximum absolute atomic E-state index is 10.3. The van der Waals surface area contributed by atoms with Crippen molar-refractivity contribution in [1.82, 2.24) is 14.8 Å². The lowest BCUT2D eigenvalue weighted by Gasteiger charge is -2.11. The van der Waals surface area contributed by atoms with E-state index >= 15 is 0 Å². The second kappa shape index (κ2) is 6.51. The van der Waals surface area contributed by atoms with E-state index in [-0.39, 0.29) is 0 Å². The second-order valence-electron chi connectivity index (χ2n) is 5.42. The Labute approximate surface area is 134 Å². The van der Waals surface area contributed by atoms with Crippen LogP contribution in [-0.2, 0) is 6.54 Å². The Kier molecular flexibility index (Phi) is 4.46. The van der Waals surface area contributed by atoms with Crippen LogP contribution in [0.1, 0.15) is 48.7 Å². The summed E-state index contributed by atoms with van der Waals surface area (Å²) >= 11 is 1.52. The van der Waals surface area contributed by atoms with Crippen molar-refractivity contribution in [2.24, 2.45) is 0 Å². The third kappa shape index (κ3) is 3.16. The molecule has 3 rings (SSSR count). The number of aliphatic hydroxyl groups excluding tert-OH is 1. The number of hydrogen-bond donors (Lipinski definition) is 1. The number of hydrogen-bond acceptors (Lipinski definition) is 5. The Morgan fingerprint density at radius 2 is 2.09 bits per heavy atom. The minimum Gasteiger partial charge on any atom is -0.388 e. The van der Waals surface area contributed by atoms with Crippen LogP contribution in [0.25, 0.3) is 0 Å². The van der Waals surface area contributed by atoms with Gasteiger partial charge in [0, 0.05) is 18.2 Å². The Bertz CT molecular complexity index is 685. The first-order valence-electron chi connectivity index (χ1n) is 7.47. The number of aliphatic hydroxyl groups is 1. The first kappa shape index (κ1) is 15.1. The van der Waals surface area contributed by atoms with Crippen molar-refractivity contribution in [1.29, 1.82) is 5.26 Å². The Morgan fingerprint density at radius 3 is 2.68 bits per heavy atom. The minimum atomic E-state index is -0.580. The lowest BCUT2D eigenvalue weighted by molar-refractivity contribution is 0.204. The van der Waals surface area contributed by atoms with Crippen molar-refractivity contribution in [3.05, 3.63) is 41.2 Å². The average molecular weight is 314 g/mol. The fourth-order valence-corrected chi connectivity index (χ4v) is 3.35. The number of nitriles is 1. The van der Waals surface area contributed by atoms with Gasteiger partial charge in [0.1, 0.15) is 5.82 Å². The molecule has 1 aliphatic carbocycles. The Morgan fingerprint density at radius 1 is 1.36 bits per heavy atom. The monoisotopic (exact) mass is 314 g/mol. The number of rotatable bonds is 6. The number of thioether (sulfide) groups is 1. The molecule has 2 aromatic rings. The fourth-order valence-electron chi connectivity index (χ4n) is 2.38. The van der Waals surface area contributed by atoms with Crippen LogP contribution in [0.4, 0.5) is 0 Å². The van der Waals surface area contributed by atoms with Crippen LogP contribution in [0.2, 0.25) is 0 Å². The molecule has 6 heteroatoms. The first-order chi connectivity index (χ1) is 10.7. The highest BCUT2D eigenvalue weighted by Crippen LogP contribution is 2.40. The van der Waals surface area contributed by atoms with Gasteiger partial charge >= 0.3 is 0 Å². The zero-order chi connectivity index (χ0) is 15.5. The molecule has 1 heterocycles. The molecule has 114 valence electrons. The average Bonchev–Trinajstić information content (AvgIpc) is 3.32. The Hall–Kier alpha value is -1.84. The third-order valence-corrected chi connectivity index (χ3v) is 4.84. The highest BCUT2D eigenvalue weighted by atomic mass is 32.2. The van der Waals surface area contributed by atoms with Gasteiger partial charge in [-0.15, -0.1) is 10.2 Å². The van der Waals surface area contributed by atoms with Crippen molar-refractivity contribution in [2.75, 3.05) is 5.75 Å². The van der Waals surface area contributed by atoms with Gasteiger partial charge in [-0.05, 0) is 37.5 Å². The molecule has 0 amide bonds. The summed E-state index contributed by atoms with van der Waals surface area (Å²) < 4.78 is 2.15. The maximum Gasteiger partial charge on any atom is 0.191 e. The van der Waals surface area contributed by atoms with Crippen molar-refractivity contribution in [3.8, 4) is 6.07 Å². The Balaban J connectivity index is 1.65. The van der Waals surface area contributed by atoms with Gasteiger partial charge in [-0.2, -0.15) is 5.26 Å². The SMILES string of the molecule is CCn1c(SCC(O)c2ccc(C#N)cc2)nnc1C1CC1. The zero-order valence-corrected chi connectivity index (χ0v) is 13.3. The normalized spacial score (nSPS) is 15.5. The van der Waals surface area contributed by atoms with Crippen molar-refractivity contribution in [2.45, 2.75) is 43.5 Å². The molecule has 1 atom stereocenters. The largest absolute Gasteiger partial charge is 0.388 e. The van der Waals surface area contributed by atoms with Crippen LogP contribution >= 0.6 is 11.8 Å². The van der Waals surface area contributed by atoms with Crippen molar-refractivity contribution >= 4 is 11.8 Å². The fraction of sp³-hybridized carbons (Fsp3) is 0.438. The highest BCUT2D eigenvalue weighted by Gasteiger charge is 2.30. The van der Waals surface area contributed by atoms with Gasteiger partial charge in [-0.3, -0.25) is 0 Å². The van der Waals surface area contributed by atoms with E-state index in [0.717, 1.165) is 23.1 Å². The number of aromatic nitrogens is 3. The molecule has 1 fully saturated rings. The molecule has 0 spiro atoms. The summed E-state index contributed by atoms with van der Waals surface area (Å²) in [6, 6.07) is 9.12. The van der Waals surface area contributed by atoms with Gasteiger partial charge in [0.05, 0.1) is 17.7 Å². The molecular formula is C16H18N4OS. The molecule has 22 heavy (non-hydrogen) atoms. The lowest BCUT2D eigenvalue weighted by atomic mass is 10.1. The zero-order valence-electron chi connectivity index (χ0n) is 12.4. The highest BCUT2D eigenvalue weighted by molar-refractivity contribution is 7.99. The number of benzene rings is 1. The molecule has 1 unspecified atom stereocenters. The van der Waals surface area contributed by atoms with Crippen LogP contribution < -0.4 is 0 Å². The van der Waals surface area contributed by atoms with E-state index in [0.29, 0.717) is 17.2 Å². The molecule has 1 N–H and O–H groups in total. The van der Waals surface area contributed by atoms with Crippen LogP contribution in [0.15, 0.2) is 29.4 Å². The molecule has 5 nitrogen and oxygen atoms in total. The third-order valence-electron chi connectivity index (χ3n) is 3.80. The van der Waals surface area contributed by atoms with Crippen LogP contribution in [0, 0.1) is 11.3 Å². The molecule has 0 bridgehead atoms. The second-order valence-corrected chi connectivity index (χ2v) is 6.41. The van der Waals surface area contributed by atoms with Crippen LogP contribution in [0.5, 0.6) is 0 Å². The first-order valence-corrected chi connectivity index (χ1v) is 8.45. The predicted molar refractivity (Wildman–Crippen MR) is 84.5 cm³/mol. The van der Waals surface area contributed by atoms with Gasteiger partial charge in [0.15, 0.2) is 5.16 Å². The van der Waals surface area contributed by atoms with Crippen molar-refractivity contribution < 1.29 is 5.11 Å². The van der Waals surface area contributed by atoms with E-state index in [4.69, 9.17) is 5.26 Å². The summed E-state index contributed by atoms with van der Waals surface area (Å²) in [7, 11) is 0. The molecule has 1 saturated carbocycles. The van der Waals surface area contributed by atoms with Gasteiger partial charge < -0.3 is 9.67 Å². The van der Waals surface area contributed by atoms with Crippen LogP contribution in [0.3, 0.4) is 0 Å². The van der Waals surface area contributed by atoms with Gasteiger partial charge in [0.2, 0.25) is 0 Å². The van der Waals surface area contributed by atoms with Crippen LogP contribution in [-0.4, -0.2) is 25.6 Å². The lowest BCUT2D eigenvalue weighted by Crippen LogP contribution is -2.05. The standard InChI is InChI=1S/C16H18N4OS/c1-2-20-15(13-7-8-13)18-19-16(20)22-10-14(21)12-5-3-11(9-17)4-6-12/h3-6,13-14,21H,2,7-8,10H2,1H3. The van der Waals surface area contributed by atoms with Gasteiger partial charge in [-0.25, -0.2) is 0 Å². The van der Waals surface area contributed by atoms with Crippen molar-refractivity contribution in [3.63, 3.8) is 0 Å². The summed E-state index contributed by atoms with van der Waals surface area (Å²) in [6.07, 6.45) is 1.83. The maximum atomic E-state index is 10.3. The molecular weight excluding hydrogens is 296 g/mol.